The van der Waals surface area contributed by atoms with E-state index >= 15 is 0 Å². The maximum absolute atomic E-state index is 13.2. The molecule has 1 aromatic rings. The molecule has 0 spiro atoms. The molecule has 5 heteroatoms. The predicted octanol–water partition coefficient (Wildman–Crippen LogP) is 2.16. The first-order valence-corrected chi connectivity index (χ1v) is 7.13. The van der Waals surface area contributed by atoms with Gasteiger partial charge >= 0.3 is 0 Å². The molecule has 1 heterocycles. The molecule has 0 unspecified atom stereocenters. The zero-order valence-corrected chi connectivity index (χ0v) is 12.7. The highest BCUT2D eigenvalue weighted by Gasteiger charge is 2.31. The van der Waals surface area contributed by atoms with Crippen molar-refractivity contribution in [1.29, 1.82) is 0 Å². The monoisotopic (exact) mass is 292 g/mol. The second kappa shape index (κ2) is 5.84. The van der Waals surface area contributed by atoms with Crippen LogP contribution in [-0.2, 0) is 4.79 Å². The van der Waals surface area contributed by atoms with Gasteiger partial charge in [-0.2, -0.15) is 0 Å². The highest BCUT2D eigenvalue weighted by atomic mass is 19.1. The average Bonchev–Trinajstić information content (AvgIpc) is 2.45. The molecule has 4 nitrogen and oxygen atoms in total. The molecular formula is C16H21FN2O2. The van der Waals surface area contributed by atoms with Crippen LogP contribution in [0.1, 0.15) is 31.1 Å². The third-order valence-electron chi connectivity index (χ3n) is 3.57. The summed E-state index contributed by atoms with van der Waals surface area (Å²) in [6.07, 6.45) is 0. The molecule has 1 aliphatic rings. The van der Waals surface area contributed by atoms with Crippen LogP contribution in [0.25, 0.3) is 0 Å². The predicted molar refractivity (Wildman–Crippen MR) is 78.3 cm³/mol. The lowest BCUT2D eigenvalue weighted by Crippen LogP contribution is -2.53. The van der Waals surface area contributed by atoms with E-state index in [4.69, 9.17) is 0 Å². The van der Waals surface area contributed by atoms with Gasteiger partial charge in [-0.15, -0.1) is 0 Å². The summed E-state index contributed by atoms with van der Waals surface area (Å²) in [6, 6.07) is 5.70. The zero-order valence-electron chi connectivity index (χ0n) is 12.7. The largest absolute Gasteiger partial charge is 0.339 e. The van der Waals surface area contributed by atoms with Crippen LogP contribution >= 0.6 is 0 Å². The van der Waals surface area contributed by atoms with E-state index in [2.05, 4.69) is 0 Å². The van der Waals surface area contributed by atoms with Crippen molar-refractivity contribution in [2.75, 3.05) is 26.2 Å². The lowest BCUT2D eigenvalue weighted by Gasteiger charge is -2.37. The number of hydrogen-bond donors (Lipinski definition) is 0. The van der Waals surface area contributed by atoms with Crippen LogP contribution < -0.4 is 0 Å². The number of carbonyl (C=O) groups is 2. The summed E-state index contributed by atoms with van der Waals surface area (Å²) in [5.74, 6) is -0.500. The minimum absolute atomic E-state index is 0.0976. The number of piperazine rings is 1. The van der Waals surface area contributed by atoms with Crippen LogP contribution in [-0.4, -0.2) is 47.8 Å². The van der Waals surface area contributed by atoms with E-state index in [1.165, 1.54) is 18.2 Å². The van der Waals surface area contributed by atoms with Gasteiger partial charge in [0.25, 0.3) is 5.91 Å². The molecule has 1 saturated heterocycles. The van der Waals surface area contributed by atoms with E-state index < -0.39 is 11.2 Å². The molecule has 0 bridgehead atoms. The summed E-state index contributed by atoms with van der Waals surface area (Å²) < 4.78 is 13.2. The normalized spacial score (nSPS) is 16.0. The highest BCUT2D eigenvalue weighted by molar-refractivity contribution is 5.94. The van der Waals surface area contributed by atoms with Crippen molar-refractivity contribution in [2.24, 2.45) is 5.41 Å². The van der Waals surface area contributed by atoms with Gasteiger partial charge in [0.1, 0.15) is 5.82 Å². The Kier molecular flexibility index (Phi) is 4.30. The van der Waals surface area contributed by atoms with Gasteiger partial charge in [-0.1, -0.05) is 26.8 Å². The molecule has 0 radical (unpaired) electrons. The Balaban J connectivity index is 1.98. The molecule has 0 aliphatic carbocycles. The number of amides is 2. The van der Waals surface area contributed by atoms with Gasteiger partial charge in [0.2, 0.25) is 5.91 Å². The molecule has 1 fully saturated rings. The van der Waals surface area contributed by atoms with Crippen LogP contribution in [0.3, 0.4) is 0 Å². The maximum atomic E-state index is 13.2. The second-order valence-electron chi connectivity index (χ2n) is 6.34. The summed E-state index contributed by atoms with van der Waals surface area (Å²) >= 11 is 0. The smallest absolute Gasteiger partial charge is 0.254 e. The molecular weight excluding hydrogens is 271 g/mol. The Hall–Kier alpha value is -1.91. The minimum Gasteiger partial charge on any atom is -0.339 e. The lowest BCUT2D eigenvalue weighted by atomic mass is 9.94. The van der Waals surface area contributed by atoms with Crippen molar-refractivity contribution in [3.8, 4) is 0 Å². The Morgan fingerprint density at radius 3 is 2.14 bits per heavy atom. The van der Waals surface area contributed by atoms with Crippen molar-refractivity contribution in [1.82, 2.24) is 9.80 Å². The molecule has 2 rings (SSSR count). The van der Waals surface area contributed by atoms with Crippen LogP contribution in [0, 0.1) is 11.2 Å². The molecule has 114 valence electrons. The first kappa shape index (κ1) is 15.5. The van der Waals surface area contributed by atoms with Crippen molar-refractivity contribution >= 4 is 11.8 Å². The van der Waals surface area contributed by atoms with Gasteiger partial charge in [-0.25, -0.2) is 4.39 Å². The number of nitrogens with zero attached hydrogens (tertiary/aromatic N) is 2. The number of benzene rings is 1. The number of halogens is 1. The van der Waals surface area contributed by atoms with E-state index in [1.54, 1.807) is 15.9 Å². The van der Waals surface area contributed by atoms with Crippen molar-refractivity contribution in [3.63, 3.8) is 0 Å². The van der Waals surface area contributed by atoms with Gasteiger partial charge in [-0.05, 0) is 18.2 Å². The fraction of sp³-hybridized carbons (Fsp3) is 0.500. The molecule has 21 heavy (non-hydrogen) atoms. The van der Waals surface area contributed by atoms with Crippen LogP contribution in [0.2, 0.25) is 0 Å². The lowest BCUT2D eigenvalue weighted by molar-refractivity contribution is -0.140. The van der Waals surface area contributed by atoms with Gasteiger partial charge < -0.3 is 9.80 Å². The topological polar surface area (TPSA) is 40.6 Å². The Morgan fingerprint density at radius 1 is 1.05 bits per heavy atom. The van der Waals surface area contributed by atoms with E-state index in [-0.39, 0.29) is 11.8 Å². The number of carbonyl (C=O) groups excluding carboxylic acids is 2. The molecule has 1 aromatic carbocycles. The fourth-order valence-corrected chi connectivity index (χ4v) is 2.39. The first-order valence-electron chi connectivity index (χ1n) is 7.13. The third-order valence-corrected chi connectivity index (χ3v) is 3.57. The molecule has 0 atom stereocenters. The SMILES string of the molecule is CC(C)(C)C(=O)N1CCN(C(=O)c2cccc(F)c2)CC1. The van der Waals surface area contributed by atoms with Crippen molar-refractivity contribution in [3.05, 3.63) is 35.6 Å². The van der Waals surface area contributed by atoms with E-state index in [1.807, 2.05) is 20.8 Å². The Bertz CT molecular complexity index is 543. The summed E-state index contributed by atoms with van der Waals surface area (Å²) in [6.45, 7) is 7.68. The highest BCUT2D eigenvalue weighted by Crippen LogP contribution is 2.19. The van der Waals surface area contributed by atoms with Gasteiger partial charge in [0.15, 0.2) is 0 Å². The summed E-state index contributed by atoms with van der Waals surface area (Å²) in [4.78, 5) is 27.9. The van der Waals surface area contributed by atoms with E-state index in [0.717, 1.165) is 0 Å². The second-order valence-corrected chi connectivity index (χ2v) is 6.34. The quantitative estimate of drug-likeness (QED) is 0.796. The van der Waals surface area contributed by atoms with Crippen LogP contribution in [0.4, 0.5) is 4.39 Å². The number of rotatable bonds is 1. The molecule has 0 aromatic heterocycles. The third kappa shape index (κ3) is 3.60. The van der Waals surface area contributed by atoms with Gasteiger partial charge in [0, 0.05) is 37.2 Å². The molecule has 0 saturated carbocycles. The average molecular weight is 292 g/mol. The van der Waals surface area contributed by atoms with Crippen LogP contribution in [0.15, 0.2) is 24.3 Å². The van der Waals surface area contributed by atoms with Gasteiger partial charge in [0.05, 0.1) is 0 Å². The molecule has 0 N–H and O–H groups in total. The number of hydrogen-bond acceptors (Lipinski definition) is 2. The molecule has 1 aliphatic heterocycles. The fourth-order valence-electron chi connectivity index (χ4n) is 2.39. The first-order chi connectivity index (χ1) is 9.79. The summed E-state index contributed by atoms with van der Waals surface area (Å²) in [7, 11) is 0. The zero-order chi connectivity index (χ0) is 15.6. The standard InChI is InChI=1S/C16H21FN2O2/c1-16(2,3)15(21)19-9-7-18(8-10-19)14(20)12-5-4-6-13(17)11-12/h4-6,11H,7-10H2,1-3H3. The van der Waals surface area contributed by atoms with Crippen molar-refractivity contribution < 1.29 is 14.0 Å². The van der Waals surface area contributed by atoms with E-state index in [9.17, 15) is 14.0 Å². The van der Waals surface area contributed by atoms with Gasteiger partial charge in [-0.3, -0.25) is 9.59 Å². The Labute approximate surface area is 124 Å². The van der Waals surface area contributed by atoms with Crippen molar-refractivity contribution in [2.45, 2.75) is 20.8 Å². The summed E-state index contributed by atoms with van der Waals surface area (Å²) in [5.41, 5.74) is -0.0556. The van der Waals surface area contributed by atoms with Crippen LogP contribution in [0.5, 0.6) is 0 Å². The Morgan fingerprint density at radius 2 is 1.62 bits per heavy atom. The minimum atomic E-state index is -0.414. The summed E-state index contributed by atoms with van der Waals surface area (Å²) in [5, 5.41) is 0. The van der Waals surface area contributed by atoms with E-state index in [0.29, 0.717) is 31.7 Å². The molecule has 2 amide bonds. The maximum Gasteiger partial charge on any atom is 0.254 e.